The van der Waals surface area contributed by atoms with E-state index in [0.29, 0.717) is 0 Å². The van der Waals surface area contributed by atoms with Crippen molar-refractivity contribution in [2.24, 2.45) is 7.05 Å². The molecule has 0 aliphatic carbocycles. The van der Waals surface area contributed by atoms with Crippen molar-refractivity contribution in [2.45, 2.75) is 19.8 Å². The number of aryl methyl sites for hydroxylation is 4. The number of nitrogens with two attached hydrogens (primary N) is 1. The van der Waals surface area contributed by atoms with Crippen LogP contribution in [-0.2, 0) is 19.9 Å². The highest BCUT2D eigenvalue weighted by molar-refractivity contribution is 5.86. The molecule has 7 nitrogen and oxygen atoms in total. The average Bonchev–Trinajstić information content (AvgIpc) is 3.35. The van der Waals surface area contributed by atoms with E-state index in [1.165, 1.54) is 21.9 Å². The number of nitrogen functional groups attached to an aromatic ring is 1. The van der Waals surface area contributed by atoms with Gasteiger partial charge in [0.25, 0.3) is 0 Å². The summed E-state index contributed by atoms with van der Waals surface area (Å²) in [6.45, 7) is 2.06. The van der Waals surface area contributed by atoms with E-state index in [9.17, 15) is 0 Å². The van der Waals surface area contributed by atoms with Gasteiger partial charge in [-0.2, -0.15) is 4.98 Å². The fraction of sp³-hybridized carbons (Fsp3) is 0.231. The predicted molar refractivity (Wildman–Crippen MR) is 134 cm³/mol. The smallest absolute Gasteiger partial charge is 0.221 e. The molecule has 7 heteroatoms. The number of nitrogens with one attached hydrogen (secondary N) is 1. The number of aromatic amines is 1. The molecule has 5 aromatic rings. The fourth-order valence-electron chi connectivity index (χ4n) is 4.52. The van der Waals surface area contributed by atoms with Crippen molar-refractivity contribution >= 4 is 39.3 Å². The number of hydrogen-bond donors (Lipinski definition) is 2. The third kappa shape index (κ3) is 3.86. The van der Waals surface area contributed by atoms with E-state index < -0.39 is 0 Å². The molecular formula is C26H28N6O. The van der Waals surface area contributed by atoms with Gasteiger partial charge in [-0.3, -0.25) is 0 Å². The Morgan fingerprint density at radius 2 is 1.91 bits per heavy atom. The molecule has 3 aromatic heterocycles. The van der Waals surface area contributed by atoms with Crippen LogP contribution in [0.4, 0.5) is 17.5 Å². The maximum Gasteiger partial charge on any atom is 0.221 e. The van der Waals surface area contributed by atoms with Gasteiger partial charge >= 0.3 is 0 Å². The van der Waals surface area contributed by atoms with E-state index in [2.05, 4.69) is 81.0 Å². The third-order valence-electron chi connectivity index (χ3n) is 6.25. The molecule has 0 unspecified atom stereocenters. The Labute approximate surface area is 192 Å². The summed E-state index contributed by atoms with van der Waals surface area (Å²) in [6.07, 6.45) is 5.68. The summed E-state index contributed by atoms with van der Waals surface area (Å²) in [5.41, 5.74) is 12.8. The van der Waals surface area contributed by atoms with E-state index in [-0.39, 0.29) is 5.95 Å². The Bertz CT molecular complexity index is 1460. The van der Waals surface area contributed by atoms with Crippen molar-refractivity contribution < 1.29 is 4.74 Å². The summed E-state index contributed by atoms with van der Waals surface area (Å²) in [5.74, 6) is 1.96. The summed E-state index contributed by atoms with van der Waals surface area (Å²) in [7, 11) is 5.79. The van der Waals surface area contributed by atoms with Crippen LogP contribution in [0.2, 0.25) is 0 Å². The van der Waals surface area contributed by atoms with Gasteiger partial charge in [0.2, 0.25) is 5.95 Å². The van der Waals surface area contributed by atoms with E-state index in [0.717, 1.165) is 46.9 Å². The van der Waals surface area contributed by atoms with Crippen LogP contribution in [0.25, 0.3) is 21.8 Å². The lowest BCUT2D eigenvalue weighted by Crippen LogP contribution is -2.15. The molecule has 0 amide bonds. The maximum absolute atomic E-state index is 5.98. The minimum absolute atomic E-state index is 0.272. The van der Waals surface area contributed by atoms with Crippen LogP contribution in [0.15, 0.2) is 54.9 Å². The van der Waals surface area contributed by atoms with Crippen molar-refractivity contribution in [2.75, 3.05) is 24.8 Å². The molecule has 5 rings (SSSR count). The second-order valence-corrected chi connectivity index (χ2v) is 8.51. The largest absolute Gasteiger partial charge is 0.497 e. The number of hydrogen-bond acceptors (Lipinski definition) is 5. The highest BCUT2D eigenvalue weighted by Crippen LogP contribution is 2.31. The van der Waals surface area contributed by atoms with Crippen LogP contribution in [0.5, 0.6) is 5.75 Å². The number of rotatable bonds is 6. The van der Waals surface area contributed by atoms with E-state index in [1.54, 1.807) is 7.11 Å². The lowest BCUT2D eigenvalue weighted by atomic mass is 10.0. The summed E-state index contributed by atoms with van der Waals surface area (Å²) < 4.78 is 7.60. The van der Waals surface area contributed by atoms with Gasteiger partial charge in [-0.15, -0.1) is 0 Å². The molecule has 3 N–H and O–H groups in total. The first-order chi connectivity index (χ1) is 15.9. The van der Waals surface area contributed by atoms with Crippen molar-refractivity contribution in [3.63, 3.8) is 0 Å². The van der Waals surface area contributed by atoms with E-state index in [4.69, 9.17) is 10.5 Å². The SMILES string of the molecule is COc1ccc2c(c1)c(CCc1cnc(N)nc1N(C)c1ccc3[nH]c(C)cc3c1)cn2C. The predicted octanol–water partition coefficient (Wildman–Crippen LogP) is 4.90. The van der Waals surface area contributed by atoms with Crippen molar-refractivity contribution in [3.05, 3.63) is 71.7 Å². The molecule has 0 saturated carbocycles. The van der Waals surface area contributed by atoms with Gasteiger partial charge in [0, 0.05) is 65.2 Å². The molecular weight excluding hydrogens is 412 g/mol. The number of fused-ring (bicyclic) bond motifs is 2. The molecule has 0 aliphatic rings. The maximum atomic E-state index is 5.98. The van der Waals surface area contributed by atoms with Gasteiger partial charge in [0.05, 0.1) is 7.11 Å². The van der Waals surface area contributed by atoms with Gasteiger partial charge in [-0.25, -0.2) is 4.98 Å². The number of aromatic nitrogens is 4. The molecule has 0 spiro atoms. The minimum atomic E-state index is 0.272. The molecule has 168 valence electrons. The zero-order chi connectivity index (χ0) is 23.1. The molecule has 33 heavy (non-hydrogen) atoms. The van der Waals surface area contributed by atoms with Crippen LogP contribution < -0.4 is 15.4 Å². The second kappa shape index (κ2) is 8.16. The standard InChI is InChI=1S/C26H28N6O/c1-16-11-19-12-20(7-9-23(19)29-16)32(3)25-17(14-28-26(27)30-25)5-6-18-15-31(2)24-10-8-21(33-4)13-22(18)24/h7-15,29H,5-6H2,1-4H3,(H2,27,28,30). The molecule has 0 fully saturated rings. The van der Waals surface area contributed by atoms with Crippen LogP contribution in [0, 0.1) is 6.92 Å². The van der Waals surface area contributed by atoms with E-state index in [1.807, 2.05) is 19.3 Å². The second-order valence-electron chi connectivity index (χ2n) is 8.51. The molecule has 3 heterocycles. The summed E-state index contributed by atoms with van der Waals surface area (Å²) in [6, 6.07) is 14.7. The zero-order valence-electron chi connectivity index (χ0n) is 19.4. The van der Waals surface area contributed by atoms with E-state index >= 15 is 0 Å². The average molecular weight is 441 g/mol. The lowest BCUT2D eigenvalue weighted by Gasteiger charge is -2.21. The highest BCUT2D eigenvalue weighted by atomic mass is 16.5. The minimum Gasteiger partial charge on any atom is -0.497 e. The van der Waals surface area contributed by atoms with Gasteiger partial charge in [-0.1, -0.05) is 0 Å². The quantitative estimate of drug-likeness (QED) is 0.392. The van der Waals surface area contributed by atoms with Crippen LogP contribution in [0.3, 0.4) is 0 Å². The van der Waals surface area contributed by atoms with Gasteiger partial charge in [-0.05, 0) is 67.8 Å². The third-order valence-corrected chi connectivity index (χ3v) is 6.25. The first kappa shape index (κ1) is 20.9. The first-order valence-corrected chi connectivity index (χ1v) is 11.0. The van der Waals surface area contributed by atoms with Gasteiger partial charge < -0.3 is 24.9 Å². The molecule has 0 aliphatic heterocycles. The number of H-pyrrole nitrogens is 1. The van der Waals surface area contributed by atoms with Crippen LogP contribution in [-0.4, -0.2) is 33.7 Å². The van der Waals surface area contributed by atoms with Crippen molar-refractivity contribution in [1.29, 1.82) is 0 Å². The Morgan fingerprint density at radius 3 is 2.73 bits per heavy atom. The van der Waals surface area contributed by atoms with Gasteiger partial charge in [0.15, 0.2) is 0 Å². The first-order valence-electron chi connectivity index (χ1n) is 11.0. The normalized spacial score (nSPS) is 11.4. The topological polar surface area (TPSA) is 85.0 Å². The van der Waals surface area contributed by atoms with Crippen molar-refractivity contribution in [1.82, 2.24) is 19.5 Å². The fourth-order valence-corrected chi connectivity index (χ4v) is 4.52. The Hall–Kier alpha value is -4.00. The number of ether oxygens (including phenoxy) is 1. The Morgan fingerprint density at radius 1 is 1.09 bits per heavy atom. The number of methoxy groups -OCH3 is 1. The Balaban J connectivity index is 1.47. The van der Waals surface area contributed by atoms with Crippen LogP contribution >= 0.6 is 0 Å². The monoisotopic (exact) mass is 440 g/mol. The summed E-state index contributed by atoms with van der Waals surface area (Å²) in [5, 5.41) is 2.38. The number of nitrogens with zero attached hydrogens (tertiary/aromatic N) is 4. The number of anilines is 3. The summed E-state index contributed by atoms with van der Waals surface area (Å²) in [4.78, 5) is 14.3. The van der Waals surface area contributed by atoms with Crippen LogP contribution in [0.1, 0.15) is 16.8 Å². The zero-order valence-corrected chi connectivity index (χ0v) is 19.4. The molecule has 0 saturated heterocycles. The molecule has 0 radical (unpaired) electrons. The lowest BCUT2D eigenvalue weighted by molar-refractivity contribution is 0.415. The molecule has 0 atom stereocenters. The van der Waals surface area contributed by atoms with Gasteiger partial charge in [0.1, 0.15) is 11.6 Å². The molecule has 2 aromatic carbocycles. The highest BCUT2D eigenvalue weighted by Gasteiger charge is 2.15. The van der Waals surface area contributed by atoms with Crippen molar-refractivity contribution in [3.8, 4) is 5.75 Å². The Kier molecular flexibility index (Phi) is 5.17. The number of benzene rings is 2. The summed E-state index contributed by atoms with van der Waals surface area (Å²) >= 11 is 0. The molecule has 0 bridgehead atoms.